The Morgan fingerprint density at radius 2 is 1.67 bits per heavy atom. The molecule has 0 bridgehead atoms. The van der Waals surface area contributed by atoms with Gasteiger partial charge in [0.05, 0.1) is 10.6 Å². The second-order valence-corrected chi connectivity index (χ2v) is 7.06. The standard InChI is InChI=1S/C23H15N7O3/c31-23(16-6-10-18(11-7-16)30(32)33)25-17-8-4-15(5-9-17)19-12-13-21-26-27-22(29(21)28-19)20-3-1-2-14-24-20/h1-14H,(H,25,31). The number of nitrogens with one attached hydrogen (secondary N) is 1. The van der Waals surface area contributed by atoms with Crippen molar-refractivity contribution >= 4 is 22.9 Å². The van der Waals surface area contributed by atoms with E-state index in [-0.39, 0.29) is 11.6 Å². The predicted octanol–water partition coefficient (Wildman–Crippen LogP) is 4.01. The van der Waals surface area contributed by atoms with E-state index in [9.17, 15) is 14.9 Å². The SMILES string of the molecule is O=C(Nc1ccc(-c2ccc3nnc(-c4ccccn4)n3n2)cc1)c1ccc([N+](=O)[O-])cc1. The van der Waals surface area contributed by atoms with E-state index in [1.54, 1.807) is 22.8 Å². The van der Waals surface area contributed by atoms with E-state index in [1.807, 2.05) is 42.5 Å². The van der Waals surface area contributed by atoms with Gasteiger partial charge in [-0.3, -0.25) is 19.9 Å². The number of nitro groups is 1. The summed E-state index contributed by atoms with van der Waals surface area (Å²) in [6, 6.07) is 21.8. The molecule has 3 heterocycles. The van der Waals surface area contributed by atoms with Gasteiger partial charge < -0.3 is 5.32 Å². The topological polar surface area (TPSA) is 128 Å². The predicted molar refractivity (Wildman–Crippen MR) is 120 cm³/mol. The van der Waals surface area contributed by atoms with E-state index in [1.165, 1.54) is 24.3 Å². The van der Waals surface area contributed by atoms with Gasteiger partial charge in [0, 0.05) is 35.1 Å². The zero-order valence-electron chi connectivity index (χ0n) is 17.0. The number of nitrogens with zero attached hydrogens (tertiary/aromatic N) is 6. The zero-order chi connectivity index (χ0) is 22.8. The first kappa shape index (κ1) is 19.9. The van der Waals surface area contributed by atoms with E-state index in [4.69, 9.17) is 0 Å². The number of hydrogen-bond acceptors (Lipinski definition) is 7. The Hall–Kier alpha value is -4.99. The van der Waals surface area contributed by atoms with Crippen molar-refractivity contribution in [1.82, 2.24) is 24.8 Å². The first-order valence-corrected chi connectivity index (χ1v) is 9.88. The third-order valence-electron chi connectivity index (χ3n) is 4.94. The van der Waals surface area contributed by atoms with Crippen LogP contribution in [0.4, 0.5) is 11.4 Å². The van der Waals surface area contributed by atoms with Gasteiger partial charge >= 0.3 is 0 Å². The molecule has 0 aliphatic rings. The van der Waals surface area contributed by atoms with Crippen LogP contribution in [0.2, 0.25) is 0 Å². The van der Waals surface area contributed by atoms with Crippen LogP contribution in [0, 0.1) is 10.1 Å². The molecule has 0 unspecified atom stereocenters. The zero-order valence-corrected chi connectivity index (χ0v) is 17.0. The van der Waals surface area contributed by atoms with Crippen LogP contribution in [-0.4, -0.2) is 35.6 Å². The number of carbonyl (C=O) groups excluding carboxylic acids is 1. The maximum Gasteiger partial charge on any atom is 0.269 e. The van der Waals surface area contributed by atoms with Crippen LogP contribution < -0.4 is 5.32 Å². The largest absolute Gasteiger partial charge is 0.322 e. The number of carbonyl (C=O) groups is 1. The summed E-state index contributed by atoms with van der Waals surface area (Å²) in [7, 11) is 0. The molecule has 5 rings (SSSR count). The fourth-order valence-corrected chi connectivity index (χ4v) is 3.26. The quantitative estimate of drug-likeness (QED) is 0.325. The second-order valence-electron chi connectivity index (χ2n) is 7.06. The number of anilines is 1. The average Bonchev–Trinajstić information content (AvgIpc) is 3.28. The van der Waals surface area contributed by atoms with Crippen LogP contribution in [0.1, 0.15) is 10.4 Å². The molecule has 10 nitrogen and oxygen atoms in total. The Bertz CT molecular complexity index is 1460. The molecule has 0 aliphatic heterocycles. The first-order chi connectivity index (χ1) is 16.1. The highest BCUT2D eigenvalue weighted by molar-refractivity contribution is 6.04. The number of fused-ring (bicyclic) bond motifs is 1. The normalized spacial score (nSPS) is 10.8. The molecular formula is C23H15N7O3. The summed E-state index contributed by atoms with van der Waals surface area (Å²) in [4.78, 5) is 27.0. The number of amides is 1. The Morgan fingerprint density at radius 3 is 2.36 bits per heavy atom. The highest BCUT2D eigenvalue weighted by Crippen LogP contribution is 2.22. The van der Waals surface area contributed by atoms with Crippen molar-refractivity contribution in [2.24, 2.45) is 0 Å². The van der Waals surface area contributed by atoms with Crippen LogP contribution in [0.15, 0.2) is 85.1 Å². The van der Waals surface area contributed by atoms with Crippen LogP contribution in [0.25, 0.3) is 28.4 Å². The van der Waals surface area contributed by atoms with Crippen molar-refractivity contribution in [2.45, 2.75) is 0 Å². The number of rotatable bonds is 5. The minimum absolute atomic E-state index is 0.0698. The van der Waals surface area contributed by atoms with Crippen LogP contribution in [0.5, 0.6) is 0 Å². The van der Waals surface area contributed by atoms with Gasteiger partial charge in [0.2, 0.25) is 5.82 Å². The summed E-state index contributed by atoms with van der Waals surface area (Å²) < 4.78 is 1.64. The molecule has 0 atom stereocenters. The summed E-state index contributed by atoms with van der Waals surface area (Å²) in [5.41, 5.74) is 3.65. The Morgan fingerprint density at radius 1 is 0.879 bits per heavy atom. The Kier molecular flexibility index (Phi) is 5.00. The van der Waals surface area contributed by atoms with Crippen molar-refractivity contribution in [3.8, 4) is 22.8 Å². The number of pyridine rings is 1. The molecule has 0 saturated heterocycles. The third-order valence-corrected chi connectivity index (χ3v) is 4.94. The molecular weight excluding hydrogens is 422 g/mol. The highest BCUT2D eigenvalue weighted by atomic mass is 16.6. The highest BCUT2D eigenvalue weighted by Gasteiger charge is 2.13. The fraction of sp³-hybridized carbons (Fsp3) is 0. The van der Waals surface area contributed by atoms with Gasteiger partial charge in [0.15, 0.2) is 5.65 Å². The van der Waals surface area contributed by atoms with Gasteiger partial charge in [-0.1, -0.05) is 18.2 Å². The van der Waals surface area contributed by atoms with E-state index in [0.29, 0.717) is 34.1 Å². The summed E-state index contributed by atoms with van der Waals surface area (Å²) in [5, 5.41) is 26.5. The van der Waals surface area contributed by atoms with Gasteiger partial charge in [0.1, 0.15) is 5.69 Å². The Balaban J connectivity index is 1.37. The van der Waals surface area contributed by atoms with Crippen molar-refractivity contribution in [1.29, 1.82) is 0 Å². The molecule has 0 radical (unpaired) electrons. The molecule has 0 saturated carbocycles. The minimum Gasteiger partial charge on any atom is -0.322 e. The number of aromatic nitrogens is 5. The summed E-state index contributed by atoms with van der Waals surface area (Å²) in [6.07, 6.45) is 1.68. The molecule has 0 spiro atoms. The number of nitro benzene ring substituents is 1. The lowest BCUT2D eigenvalue weighted by Gasteiger charge is -2.07. The van der Waals surface area contributed by atoms with Gasteiger partial charge in [-0.2, -0.15) is 9.61 Å². The second kappa shape index (κ2) is 8.27. The molecule has 1 amide bonds. The fourth-order valence-electron chi connectivity index (χ4n) is 3.26. The molecule has 5 aromatic rings. The first-order valence-electron chi connectivity index (χ1n) is 9.88. The maximum atomic E-state index is 12.4. The molecule has 3 aromatic heterocycles. The van der Waals surface area contributed by atoms with Gasteiger partial charge in [-0.15, -0.1) is 10.2 Å². The van der Waals surface area contributed by atoms with Gasteiger partial charge in [-0.05, 0) is 48.5 Å². The summed E-state index contributed by atoms with van der Waals surface area (Å²) in [6.45, 7) is 0. The molecule has 160 valence electrons. The lowest BCUT2D eigenvalue weighted by atomic mass is 10.1. The number of non-ortho nitro benzene ring substituents is 1. The van der Waals surface area contributed by atoms with Crippen molar-refractivity contribution in [2.75, 3.05) is 5.32 Å². The average molecular weight is 437 g/mol. The van der Waals surface area contributed by atoms with E-state index >= 15 is 0 Å². The molecule has 1 N–H and O–H groups in total. The van der Waals surface area contributed by atoms with Crippen molar-refractivity contribution < 1.29 is 9.72 Å². The maximum absolute atomic E-state index is 12.4. The molecule has 0 fully saturated rings. The van der Waals surface area contributed by atoms with E-state index in [2.05, 4.69) is 25.6 Å². The van der Waals surface area contributed by atoms with E-state index < -0.39 is 4.92 Å². The molecule has 0 aliphatic carbocycles. The van der Waals surface area contributed by atoms with E-state index in [0.717, 1.165) is 5.56 Å². The lowest BCUT2D eigenvalue weighted by molar-refractivity contribution is -0.384. The smallest absolute Gasteiger partial charge is 0.269 e. The van der Waals surface area contributed by atoms with Crippen LogP contribution in [0.3, 0.4) is 0 Å². The lowest BCUT2D eigenvalue weighted by Crippen LogP contribution is -2.11. The van der Waals surface area contributed by atoms with Crippen LogP contribution in [-0.2, 0) is 0 Å². The number of benzene rings is 2. The van der Waals surface area contributed by atoms with Gasteiger partial charge in [-0.25, -0.2) is 0 Å². The summed E-state index contributed by atoms with van der Waals surface area (Å²) >= 11 is 0. The third kappa shape index (κ3) is 4.00. The number of hydrogen-bond donors (Lipinski definition) is 1. The monoisotopic (exact) mass is 437 g/mol. The minimum atomic E-state index is -0.509. The molecule has 33 heavy (non-hydrogen) atoms. The Labute approximate surface area is 186 Å². The van der Waals surface area contributed by atoms with Crippen molar-refractivity contribution in [3.63, 3.8) is 0 Å². The van der Waals surface area contributed by atoms with Crippen LogP contribution >= 0.6 is 0 Å². The molecule has 10 heteroatoms. The summed E-state index contributed by atoms with van der Waals surface area (Å²) in [5.74, 6) is 0.182. The van der Waals surface area contributed by atoms with Crippen molar-refractivity contribution in [3.05, 3.63) is 101 Å². The van der Waals surface area contributed by atoms with Gasteiger partial charge in [0.25, 0.3) is 11.6 Å². The molecule has 2 aromatic carbocycles.